The van der Waals surface area contributed by atoms with Gasteiger partial charge in [-0.05, 0) is 18.8 Å². The second-order valence-electron chi connectivity index (χ2n) is 3.78. The van der Waals surface area contributed by atoms with Crippen LogP contribution in [0.15, 0.2) is 12.7 Å². The molecule has 0 aromatic rings. The maximum absolute atomic E-state index is 11.3. The van der Waals surface area contributed by atoms with Crippen LogP contribution in [-0.4, -0.2) is 38.8 Å². The number of hydrogen-bond donors (Lipinski definition) is 2. The second kappa shape index (κ2) is 7.43. The van der Waals surface area contributed by atoms with Crippen LogP contribution in [0.1, 0.15) is 12.8 Å². The van der Waals surface area contributed by atoms with Gasteiger partial charge in [0.15, 0.2) is 0 Å². The predicted octanol–water partition coefficient (Wildman–Crippen LogP) is 0.305. The molecule has 0 aromatic carbocycles. The lowest BCUT2D eigenvalue weighted by Gasteiger charge is -2.22. The summed E-state index contributed by atoms with van der Waals surface area (Å²) >= 11 is 0. The lowest BCUT2D eigenvalue weighted by molar-refractivity contribution is -0.120. The maximum Gasteiger partial charge on any atom is 0.233 e. The summed E-state index contributed by atoms with van der Waals surface area (Å²) in [6, 6.07) is 0. The summed E-state index contributed by atoms with van der Waals surface area (Å²) in [7, 11) is 0. The zero-order valence-electron chi connectivity index (χ0n) is 9.13. The standard InChI is InChI=1S/C11H20N2O2/c1-2-5-12-9-11(14)13-8-10-3-6-15-7-4-10/h2,10,12H,1,3-9H2,(H,13,14). The lowest BCUT2D eigenvalue weighted by Crippen LogP contribution is -2.37. The van der Waals surface area contributed by atoms with Crippen LogP contribution < -0.4 is 10.6 Å². The van der Waals surface area contributed by atoms with Gasteiger partial charge in [0.05, 0.1) is 6.54 Å². The number of nitrogens with one attached hydrogen (secondary N) is 2. The largest absolute Gasteiger partial charge is 0.381 e. The van der Waals surface area contributed by atoms with E-state index in [1.54, 1.807) is 6.08 Å². The van der Waals surface area contributed by atoms with Crippen molar-refractivity contribution < 1.29 is 9.53 Å². The maximum atomic E-state index is 11.3. The molecule has 4 nitrogen and oxygen atoms in total. The SMILES string of the molecule is C=CCNCC(=O)NCC1CCOCC1. The van der Waals surface area contributed by atoms with Crippen molar-refractivity contribution in [2.45, 2.75) is 12.8 Å². The Balaban J connectivity index is 2.02. The quantitative estimate of drug-likeness (QED) is 0.492. The normalized spacial score (nSPS) is 17.3. The van der Waals surface area contributed by atoms with Crippen LogP contribution >= 0.6 is 0 Å². The van der Waals surface area contributed by atoms with Gasteiger partial charge in [0.25, 0.3) is 0 Å². The van der Waals surface area contributed by atoms with Gasteiger partial charge >= 0.3 is 0 Å². The highest BCUT2D eigenvalue weighted by molar-refractivity contribution is 5.77. The lowest BCUT2D eigenvalue weighted by atomic mass is 10.0. The van der Waals surface area contributed by atoms with E-state index in [1.807, 2.05) is 0 Å². The van der Waals surface area contributed by atoms with Gasteiger partial charge in [-0.3, -0.25) is 4.79 Å². The van der Waals surface area contributed by atoms with E-state index in [1.165, 1.54) is 0 Å². The highest BCUT2D eigenvalue weighted by Crippen LogP contribution is 2.12. The Morgan fingerprint density at radius 3 is 2.87 bits per heavy atom. The Morgan fingerprint density at radius 2 is 2.20 bits per heavy atom. The molecule has 0 aromatic heterocycles. The molecule has 0 radical (unpaired) electrons. The first-order valence-corrected chi connectivity index (χ1v) is 5.49. The fourth-order valence-electron chi connectivity index (χ4n) is 1.56. The Morgan fingerprint density at radius 1 is 1.47 bits per heavy atom. The molecule has 0 spiro atoms. The molecule has 15 heavy (non-hydrogen) atoms. The van der Waals surface area contributed by atoms with Gasteiger partial charge in [-0.1, -0.05) is 6.08 Å². The first-order valence-electron chi connectivity index (χ1n) is 5.49. The molecule has 0 unspecified atom stereocenters. The fourth-order valence-corrected chi connectivity index (χ4v) is 1.56. The molecule has 1 aliphatic rings. The highest BCUT2D eigenvalue weighted by Gasteiger charge is 2.14. The van der Waals surface area contributed by atoms with Gasteiger partial charge in [-0.25, -0.2) is 0 Å². The minimum atomic E-state index is 0.0586. The minimum absolute atomic E-state index is 0.0586. The van der Waals surface area contributed by atoms with E-state index in [4.69, 9.17) is 4.74 Å². The Labute approximate surface area is 91.1 Å². The van der Waals surface area contributed by atoms with Crippen LogP contribution in [0.5, 0.6) is 0 Å². The third kappa shape index (κ3) is 5.54. The average Bonchev–Trinajstić information content (AvgIpc) is 2.28. The van der Waals surface area contributed by atoms with E-state index in [9.17, 15) is 4.79 Å². The molecule has 1 amide bonds. The van der Waals surface area contributed by atoms with Crippen molar-refractivity contribution in [1.82, 2.24) is 10.6 Å². The van der Waals surface area contributed by atoms with Crippen molar-refractivity contribution in [2.75, 3.05) is 32.8 Å². The van der Waals surface area contributed by atoms with Gasteiger partial charge < -0.3 is 15.4 Å². The van der Waals surface area contributed by atoms with Crippen molar-refractivity contribution in [1.29, 1.82) is 0 Å². The van der Waals surface area contributed by atoms with Crippen LogP contribution in [0.4, 0.5) is 0 Å². The van der Waals surface area contributed by atoms with E-state index in [0.29, 0.717) is 19.0 Å². The predicted molar refractivity (Wildman–Crippen MR) is 59.6 cm³/mol. The fraction of sp³-hybridized carbons (Fsp3) is 0.727. The molecule has 1 heterocycles. The third-order valence-electron chi connectivity index (χ3n) is 2.50. The molecule has 2 N–H and O–H groups in total. The molecular formula is C11H20N2O2. The molecule has 0 bridgehead atoms. The van der Waals surface area contributed by atoms with Gasteiger partial charge in [0.1, 0.15) is 0 Å². The van der Waals surface area contributed by atoms with Crippen molar-refractivity contribution >= 4 is 5.91 Å². The van der Waals surface area contributed by atoms with Gasteiger partial charge in [0.2, 0.25) is 5.91 Å². The summed E-state index contributed by atoms with van der Waals surface area (Å²) in [6.45, 7) is 7.04. The molecule has 0 saturated carbocycles. The van der Waals surface area contributed by atoms with E-state index < -0.39 is 0 Å². The second-order valence-corrected chi connectivity index (χ2v) is 3.78. The molecule has 4 heteroatoms. The molecule has 86 valence electrons. The highest BCUT2D eigenvalue weighted by atomic mass is 16.5. The van der Waals surface area contributed by atoms with Crippen LogP contribution in [0, 0.1) is 5.92 Å². The molecule has 1 saturated heterocycles. The summed E-state index contributed by atoms with van der Waals surface area (Å²) in [5, 5.41) is 5.89. The zero-order valence-corrected chi connectivity index (χ0v) is 9.13. The first-order chi connectivity index (χ1) is 7.33. The summed E-state index contributed by atoms with van der Waals surface area (Å²) in [6.07, 6.45) is 3.85. The number of amides is 1. The van der Waals surface area contributed by atoms with Crippen molar-refractivity contribution in [2.24, 2.45) is 5.92 Å². The summed E-state index contributed by atoms with van der Waals surface area (Å²) in [5.41, 5.74) is 0. The molecule has 1 aliphatic heterocycles. The Kier molecular flexibility index (Phi) is 6.04. The topological polar surface area (TPSA) is 50.4 Å². The molecular weight excluding hydrogens is 192 g/mol. The number of hydrogen-bond acceptors (Lipinski definition) is 3. The van der Waals surface area contributed by atoms with Gasteiger partial charge in [-0.2, -0.15) is 0 Å². The number of rotatable bonds is 6. The van der Waals surface area contributed by atoms with E-state index in [0.717, 1.165) is 32.6 Å². The number of carbonyl (C=O) groups is 1. The first kappa shape index (κ1) is 12.2. The number of ether oxygens (including phenoxy) is 1. The van der Waals surface area contributed by atoms with Gasteiger partial charge in [0, 0.05) is 26.3 Å². The summed E-state index contributed by atoms with van der Waals surface area (Å²) < 4.78 is 5.25. The van der Waals surface area contributed by atoms with E-state index >= 15 is 0 Å². The molecule has 1 fully saturated rings. The van der Waals surface area contributed by atoms with E-state index in [-0.39, 0.29) is 5.91 Å². The smallest absolute Gasteiger partial charge is 0.233 e. The van der Waals surface area contributed by atoms with Crippen molar-refractivity contribution in [3.8, 4) is 0 Å². The minimum Gasteiger partial charge on any atom is -0.381 e. The third-order valence-corrected chi connectivity index (χ3v) is 2.50. The van der Waals surface area contributed by atoms with Crippen molar-refractivity contribution in [3.05, 3.63) is 12.7 Å². The summed E-state index contributed by atoms with van der Waals surface area (Å²) in [4.78, 5) is 11.3. The molecule has 0 atom stereocenters. The van der Waals surface area contributed by atoms with Crippen LogP contribution in [0.3, 0.4) is 0 Å². The van der Waals surface area contributed by atoms with Crippen LogP contribution in [0.25, 0.3) is 0 Å². The Bertz CT molecular complexity index is 201. The van der Waals surface area contributed by atoms with E-state index in [2.05, 4.69) is 17.2 Å². The molecule has 0 aliphatic carbocycles. The monoisotopic (exact) mass is 212 g/mol. The van der Waals surface area contributed by atoms with Gasteiger partial charge in [-0.15, -0.1) is 6.58 Å². The molecule has 1 rings (SSSR count). The zero-order chi connectivity index (χ0) is 10.9. The average molecular weight is 212 g/mol. The van der Waals surface area contributed by atoms with Crippen molar-refractivity contribution in [3.63, 3.8) is 0 Å². The Hall–Kier alpha value is -0.870. The van der Waals surface area contributed by atoms with Crippen LogP contribution in [0.2, 0.25) is 0 Å². The number of carbonyl (C=O) groups excluding carboxylic acids is 1. The summed E-state index contributed by atoms with van der Waals surface area (Å²) in [5.74, 6) is 0.644. The van der Waals surface area contributed by atoms with Crippen LogP contribution in [-0.2, 0) is 9.53 Å².